The highest BCUT2D eigenvalue weighted by Gasteiger charge is 2.45. The molecule has 0 aromatic carbocycles. The van der Waals surface area contributed by atoms with E-state index in [0.717, 1.165) is 5.82 Å². The summed E-state index contributed by atoms with van der Waals surface area (Å²) in [6, 6.07) is 0. The molecule has 60 valence electrons. The van der Waals surface area contributed by atoms with Crippen molar-refractivity contribution in [3.05, 3.63) is 12.2 Å². The predicted octanol–water partition coefficient (Wildman–Crippen LogP) is 1.26. The van der Waals surface area contributed by atoms with Crippen LogP contribution in [0.1, 0.15) is 32.0 Å². The van der Waals surface area contributed by atoms with Crippen LogP contribution in [0.3, 0.4) is 0 Å². The highest BCUT2D eigenvalue weighted by molar-refractivity contribution is 5.15. The van der Waals surface area contributed by atoms with E-state index in [0.29, 0.717) is 5.41 Å². The topological polar surface area (TPSA) is 30.7 Å². The summed E-state index contributed by atoms with van der Waals surface area (Å²) in [6.45, 7) is 2.21. The molecule has 0 N–H and O–H groups in total. The van der Waals surface area contributed by atoms with Gasteiger partial charge in [0.15, 0.2) is 5.82 Å². The molecule has 1 heterocycles. The van der Waals surface area contributed by atoms with Crippen molar-refractivity contribution in [1.82, 2.24) is 14.8 Å². The average Bonchev–Trinajstić information content (AvgIpc) is 2.70. The number of hydrogen-bond donors (Lipinski definition) is 0. The molecule has 2 rings (SSSR count). The minimum atomic E-state index is 0.362. The van der Waals surface area contributed by atoms with Gasteiger partial charge in [-0.1, -0.05) is 6.92 Å². The summed E-state index contributed by atoms with van der Waals surface area (Å²) in [7, 11) is 1.92. The highest BCUT2D eigenvalue weighted by atomic mass is 15.3. The molecule has 3 heteroatoms. The Morgan fingerprint density at radius 2 is 2.36 bits per heavy atom. The zero-order chi connectivity index (χ0) is 7.90. The van der Waals surface area contributed by atoms with Gasteiger partial charge in [-0.25, -0.2) is 4.98 Å². The molecule has 0 radical (unpaired) electrons. The molecule has 0 spiro atoms. The van der Waals surface area contributed by atoms with E-state index in [-0.39, 0.29) is 0 Å². The SMILES string of the molecule is CCC1(c2ncn(C)n2)CC1. The van der Waals surface area contributed by atoms with E-state index in [1.165, 1.54) is 19.3 Å². The van der Waals surface area contributed by atoms with Gasteiger partial charge in [0, 0.05) is 12.5 Å². The molecule has 1 aromatic heterocycles. The number of nitrogens with zero attached hydrogens (tertiary/aromatic N) is 3. The Bertz CT molecular complexity index is 260. The lowest BCUT2D eigenvalue weighted by molar-refractivity contribution is 0.602. The van der Waals surface area contributed by atoms with Crippen LogP contribution in [0.4, 0.5) is 0 Å². The van der Waals surface area contributed by atoms with Gasteiger partial charge in [0.25, 0.3) is 0 Å². The third kappa shape index (κ3) is 0.951. The van der Waals surface area contributed by atoms with Gasteiger partial charge in [-0.15, -0.1) is 0 Å². The molecule has 1 aliphatic rings. The molecular weight excluding hydrogens is 138 g/mol. The maximum atomic E-state index is 4.32. The summed E-state index contributed by atoms with van der Waals surface area (Å²) >= 11 is 0. The van der Waals surface area contributed by atoms with Crippen LogP contribution < -0.4 is 0 Å². The van der Waals surface area contributed by atoms with E-state index in [1.54, 1.807) is 11.0 Å². The van der Waals surface area contributed by atoms with Crippen LogP contribution in [-0.4, -0.2) is 14.8 Å². The van der Waals surface area contributed by atoms with Gasteiger partial charge in [0.1, 0.15) is 6.33 Å². The second kappa shape index (κ2) is 2.06. The summed E-state index contributed by atoms with van der Waals surface area (Å²) in [5, 5.41) is 4.32. The molecule has 0 amide bonds. The Balaban J connectivity index is 2.29. The molecule has 1 fully saturated rings. The van der Waals surface area contributed by atoms with Crippen LogP contribution in [0.15, 0.2) is 6.33 Å². The van der Waals surface area contributed by atoms with Crippen LogP contribution >= 0.6 is 0 Å². The first-order valence-electron chi connectivity index (χ1n) is 4.13. The number of rotatable bonds is 2. The van der Waals surface area contributed by atoms with Gasteiger partial charge >= 0.3 is 0 Å². The van der Waals surface area contributed by atoms with Crippen LogP contribution in [0, 0.1) is 0 Å². The molecule has 0 unspecified atom stereocenters. The molecule has 0 saturated heterocycles. The largest absolute Gasteiger partial charge is 0.256 e. The first-order chi connectivity index (χ1) is 5.27. The summed E-state index contributed by atoms with van der Waals surface area (Å²) in [6.07, 6.45) is 5.50. The average molecular weight is 151 g/mol. The van der Waals surface area contributed by atoms with Crippen molar-refractivity contribution in [3.8, 4) is 0 Å². The fraction of sp³-hybridized carbons (Fsp3) is 0.750. The van der Waals surface area contributed by atoms with Crippen molar-refractivity contribution >= 4 is 0 Å². The third-order valence-corrected chi connectivity index (χ3v) is 2.60. The summed E-state index contributed by atoms with van der Waals surface area (Å²) < 4.78 is 1.78. The summed E-state index contributed by atoms with van der Waals surface area (Å²) in [5.74, 6) is 1.04. The van der Waals surface area contributed by atoms with E-state index in [4.69, 9.17) is 0 Å². The minimum Gasteiger partial charge on any atom is -0.256 e. The van der Waals surface area contributed by atoms with Crippen LogP contribution in [-0.2, 0) is 12.5 Å². The zero-order valence-corrected chi connectivity index (χ0v) is 7.04. The van der Waals surface area contributed by atoms with Crippen LogP contribution in [0.5, 0.6) is 0 Å². The van der Waals surface area contributed by atoms with E-state index in [9.17, 15) is 0 Å². The quantitative estimate of drug-likeness (QED) is 0.637. The number of aryl methyl sites for hydroxylation is 1. The van der Waals surface area contributed by atoms with Crippen molar-refractivity contribution in [2.75, 3.05) is 0 Å². The normalized spacial score (nSPS) is 20.2. The maximum absolute atomic E-state index is 4.32. The molecule has 0 aliphatic heterocycles. The van der Waals surface area contributed by atoms with Crippen molar-refractivity contribution in [1.29, 1.82) is 0 Å². The van der Waals surface area contributed by atoms with Crippen molar-refractivity contribution in [2.45, 2.75) is 31.6 Å². The molecule has 0 bridgehead atoms. The Labute approximate surface area is 66.4 Å². The predicted molar refractivity (Wildman–Crippen MR) is 42.2 cm³/mol. The van der Waals surface area contributed by atoms with Crippen molar-refractivity contribution in [2.24, 2.45) is 7.05 Å². The van der Waals surface area contributed by atoms with Crippen molar-refractivity contribution < 1.29 is 0 Å². The molecule has 1 aromatic rings. The molecule has 1 saturated carbocycles. The second-order valence-corrected chi connectivity index (χ2v) is 3.38. The van der Waals surface area contributed by atoms with E-state index in [2.05, 4.69) is 17.0 Å². The number of hydrogen-bond acceptors (Lipinski definition) is 2. The molecule has 0 atom stereocenters. The highest BCUT2D eigenvalue weighted by Crippen LogP contribution is 2.49. The molecular formula is C8H13N3. The van der Waals surface area contributed by atoms with Gasteiger partial charge < -0.3 is 0 Å². The van der Waals surface area contributed by atoms with Crippen LogP contribution in [0.25, 0.3) is 0 Å². The lowest BCUT2D eigenvalue weighted by Crippen LogP contribution is -2.07. The molecule has 3 nitrogen and oxygen atoms in total. The van der Waals surface area contributed by atoms with Gasteiger partial charge in [0.05, 0.1) is 0 Å². The zero-order valence-electron chi connectivity index (χ0n) is 7.04. The van der Waals surface area contributed by atoms with Gasteiger partial charge in [-0.05, 0) is 19.3 Å². The lowest BCUT2D eigenvalue weighted by atomic mass is 10.0. The third-order valence-electron chi connectivity index (χ3n) is 2.60. The first kappa shape index (κ1) is 6.83. The van der Waals surface area contributed by atoms with E-state index >= 15 is 0 Å². The van der Waals surface area contributed by atoms with Gasteiger partial charge in [0.2, 0.25) is 0 Å². The smallest absolute Gasteiger partial charge is 0.156 e. The fourth-order valence-corrected chi connectivity index (χ4v) is 1.47. The Hall–Kier alpha value is -0.860. The van der Waals surface area contributed by atoms with Gasteiger partial charge in [-0.3, -0.25) is 4.68 Å². The summed E-state index contributed by atoms with van der Waals surface area (Å²) in [5.41, 5.74) is 0.362. The fourth-order valence-electron chi connectivity index (χ4n) is 1.47. The monoisotopic (exact) mass is 151 g/mol. The second-order valence-electron chi connectivity index (χ2n) is 3.38. The Morgan fingerprint density at radius 3 is 2.73 bits per heavy atom. The van der Waals surface area contributed by atoms with Crippen molar-refractivity contribution in [3.63, 3.8) is 0 Å². The van der Waals surface area contributed by atoms with Gasteiger partial charge in [-0.2, -0.15) is 5.10 Å². The Morgan fingerprint density at radius 1 is 1.64 bits per heavy atom. The first-order valence-corrected chi connectivity index (χ1v) is 4.13. The maximum Gasteiger partial charge on any atom is 0.156 e. The van der Waals surface area contributed by atoms with E-state index < -0.39 is 0 Å². The Kier molecular flexibility index (Phi) is 1.28. The van der Waals surface area contributed by atoms with Crippen LogP contribution in [0.2, 0.25) is 0 Å². The molecule has 11 heavy (non-hydrogen) atoms. The standard InChI is InChI=1S/C8H13N3/c1-3-8(4-5-8)7-9-6-11(2)10-7/h6H,3-5H2,1-2H3. The minimum absolute atomic E-state index is 0.362. The summed E-state index contributed by atoms with van der Waals surface area (Å²) in [4.78, 5) is 4.27. The van der Waals surface area contributed by atoms with E-state index in [1.807, 2.05) is 7.05 Å². The molecule has 1 aliphatic carbocycles. The number of aromatic nitrogens is 3. The lowest BCUT2D eigenvalue weighted by Gasteiger charge is -2.04.